The largest absolute Gasteiger partial charge is 0.489 e. The zero-order valence-corrected chi connectivity index (χ0v) is 15.3. The molecule has 2 aliphatic rings. The maximum Gasteiger partial charge on any atom is 0.338 e. The van der Waals surface area contributed by atoms with Crippen LogP contribution in [-0.2, 0) is 10.6 Å². The molecule has 0 radical (unpaired) electrons. The number of ether oxygens (including phenoxy) is 2. The summed E-state index contributed by atoms with van der Waals surface area (Å²) in [7, 11) is 0. The third-order valence-electron chi connectivity index (χ3n) is 5.10. The smallest absolute Gasteiger partial charge is 0.338 e. The summed E-state index contributed by atoms with van der Waals surface area (Å²) in [5, 5.41) is 0. The lowest BCUT2D eigenvalue weighted by molar-refractivity contribution is 0.0491. The molecule has 1 unspecified atom stereocenters. The SMILES string of the molecule is CCOC(=O)c1ccc(OC2CN(CC)CC3(CC3)C2)cc1CCl. The van der Waals surface area contributed by atoms with Crippen molar-refractivity contribution in [2.24, 2.45) is 5.41 Å². The first kappa shape index (κ1) is 17.6. The van der Waals surface area contributed by atoms with Crippen LogP contribution >= 0.6 is 11.6 Å². The highest BCUT2D eigenvalue weighted by molar-refractivity contribution is 6.17. The van der Waals surface area contributed by atoms with Crippen molar-refractivity contribution in [2.45, 2.75) is 45.1 Å². The number of benzene rings is 1. The molecule has 132 valence electrons. The van der Waals surface area contributed by atoms with E-state index in [1.807, 2.05) is 12.1 Å². The quantitative estimate of drug-likeness (QED) is 0.576. The van der Waals surface area contributed by atoms with Crippen LogP contribution in [0, 0.1) is 5.41 Å². The Labute approximate surface area is 149 Å². The van der Waals surface area contributed by atoms with Crippen molar-refractivity contribution in [1.29, 1.82) is 0 Å². The minimum atomic E-state index is -0.327. The van der Waals surface area contributed by atoms with E-state index in [9.17, 15) is 4.79 Å². The van der Waals surface area contributed by atoms with Gasteiger partial charge in [-0.15, -0.1) is 11.6 Å². The van der Waals surface area contributed by atoms with Crippen LogP contribution in [0.2, 0.25) is 0 Å². The summed E-state index contributed by atoms with van der Waals surface area (Å²) in [5.74, 6) is 0.727. The monoisotopic (exact) mass is 351 g/mol. The van der Waals surface area contributed by atoms with Gasteiger partial charge < -0.3 is 9.47 Å². The van der Waals surface area contributed by atoms with Gasteiger partial charge >= 0.3 is 5.97 Å². The van der Waals surface area contributed by atoms with Gasteiger partial charge in [0.05, 0.1) is 12.2 Å². The van der Waals surface area contributed by atoms with E-state index in [-0.39, 0.29) is 18.0 Å². The van der Waals surface area contributed by atoms with Crippen LogP contribution in [0.1, 0.15) is 49.0 Å². The molecule has 1 aliphatic carbocycles. The number of carbonyl (C=O) groups excluding carboxylic acids is 1. The molecule has 0 N–H and O–H groups in total. The predicted molar refractivity (Wildman–Crippen MR) is 94.8 cm³/mol. The predicted octanol–water partition coefficient (Wildman–Crippen LogP) is 3.86. The summed E-state index contributed by atoms with van der Waals surface area (Å²) in [6.45, 7) is 7.60. The number of halogens is 1. The Balaban J connectivity index is 1.71. The van der Waals surface area contributed by atoms with Gasteiger partial charge in [0.1, 0.15) is 11.9 Å². The first-order valence-corrected chi connectivity index (χ1v) is 9.37. The Morgan fingerprint density at radius 1 is 1.38 bits per heavy atom. The Morgan fingerprint density at radius 2 is 2.17 bits per heavy atom. The van der Waals surface area contributed by atoms with Crippen molar-refractivity contribution in [2.75, 3.05) is 26.2 Å². The van der Waals surface area contributed by atoms with Gasteiger partial charge in [-0.05, 0) is 61.9 Å². The van der Waals surface area contributed by atoms with E-state index in [1.165, 1.54) is 19.4 Å². The minimum Gasteiger partial charge on any atom is -0.489 e. The molecular weight excluding hydrogens is 326 g/mol. The van der Waals surface area contributed by atoms with Gasteiger partial charge in [-0.3, -0.25) is 4.90 Å². The van der Waals surface area contributed by atoms with Gasteiger partial charge in [-0.1, -0.05) is 6.92 Å². The average molecular weight is 352 g/mol. The molecule has 1 atom stereocenters. The number of piperidine rings is 1. The van der Waals surface area contributed by atoms with Crippen molar-refractivity contribution in [3.05, 3.63) is 29.3 Å². The van der Waals surface area contributed by atoms with Gasteiger partial charge in [0.2, 0.25) is 0 Å². The second-order valence-corrected chi connectivity index (χ2v) is 7.21. The number of carbonyl (C=O) groups is 1. The van der Waals surface area contributed by atoms with E-state index in [1.54, 1.807) is 13.0 Å². The Hall–Kier alpha value is -1.26. The summed E-state index contributed by atoms with van der Waals surface area (Å²) in [6.07, 6.45) is 3.97. The lowest BCUT2D eigenvalue weighted by atomic mass is 9.93. The fourth-order valence-corrected chi connectivity index (χ4v) is 3.87. The number of hydrogen-bond donors (Lipinski definition) is 0. The second-order valence-electron chi connectivity index (χ2n) is 6.94. The number of nitrogens with zero attached hydrogens (tertiary/aromatic N) is 1. The van der Waals surface area contributed by atoms with Crippen LogP contribution in [-0.4, -0.2) is 43.2 Å². The van der Waals surface area contributed by atoms with Gasteiger partial charge in [-0.2, -0.15) is 0 Å². The van der Waals surface area contributed by atoms with Crippen molar-refractivity contribution in [3.8, 4) is 5.75 Å². The fourth-order valence-electron chi connectivity index (χ4n) is 3.65. The fraction of sp³-hybridized carbons (Fsp3) is 0.632. The molecule has 3 rings (SSSR count). The molecule has 1 aliphatic heterocycles. The normalized spacial score (nSPS) is 22.4. The third-order valence-corrected chi connectivity index (χ3v) is 5.39. The van der Waals surface area contributed by atoms with E-state index in [2.05, 4.69) is 11.8 Å². The van der Waals surface area contributed by atoms with E-state index < -0.39 is 0 Å². The Morgan fingerprint density at radius 3 is 2.79 bits per heavy atom. The minimum absolute atomic E-state index is 0.206. The standard InChI is InChI=1S/C19H26ClNO3/c1-3-21-12-16(10-19(13-21)7-8-19)24-15-5-6-17(14(9-15)11-20)18(22)23-4-2/h5-6,9,16H,3-4,7-8,10-13H2,1-2H3. The first-order chi connectivity index (χ1) is 11.6. The zero-order valence-electron chi connectivity index (χ0n) is 14.5. The van der Waals surface area contributed by atoms with Crippen LogP contribution in [0.25, 0.3) is 0 Å². The average Bonchev–Trinajstić information content (AvgIpc) is 3.32. The molecule has 0 aromatic heterocycles. The molecule has 1 aromatic carbocycles. The molecule has 0 amide bonds. The molecule has 5 heteroatoms. The molecular formula is C19H26ClNO3. The number of alkyl halides is 1. The number of likely N-dealkylation sites (N-methyl/N-ethyl adjacent to an activating group) is 1. The number of rotatable bonds is 6. The highest BCUT2D eigenvalue weighted by atomic mass is 35.5. The van der Waals surface area contributed by atoms with Crippen LogP contribution < -0.4 is 4.74 Å². The molecule has 1 saturated carbocycles. The van der Waals surface area contributed by atoms with Crippen molar-refractivity contribution < 1.29 is 14.3 Å². The number of likely N-dealkylation sites (tertiary alicyclic amines) is 1. The Kier molecular flexibility index (Phi) is 5.36. The molecule has 1 aromatic rings. The van der Waals surface area contributed by atoms with Gasteiger partial charge in [0, 0.05) is 19.0 Å². The topological polar surface area (TPSA) is 38.8 Å². The lowest BCUT2D eigenvalue weighted by Gasteiger charge is -2.37. The summed E-state index contributed by atoms with van der Waals surface area (Å²) >= 11 is 6.02. The van der Waals surface area contributed by atoms with E-state index in [0.717, 1.165) is 30.8 Å². The summed E-state index contributed by atoms with van der Waals surface area (Å²) < 4.78 is 11.3. The molecule has 24 heavy (non-hydrogen) atoms. The summed E-state index contributed by atoms with van der Waals surface area (Å²) in [4.78, 5) is 14.5. The van der Waals surface area contributed by atoms with Crippen LogP contribution in [0.3, 0.4) is 0 Å². The molecule has 4 nitrogen and oxygen atoms in total. The molecule has 1 heterocycles. The van der Waals surface area contributed by atoms with Crippen LogP contribution in [0.5, 0.6) is 5.75 Å². The molecule has 1 saturated heterocycles. The van der Waals surface area contributed by atoms with Gasteiger partial charge in [0.15, 0.2) is 0 Å². The molecule has 0 bridgehead atoms. The van der Waals surface area contributed by atoms with Crippen molar-refractivity contribution in [3.63, 3.8) is 0 Å². The van der Waals surface area contributed by atoms with Gasteiger partial charge in [-0.25, -0.2) is 4.79 Å². The highest BCUT2D eigenvalue weighted by Gasteiger charge is 2.48. The molecule has 1 spiro atoms. The zero-order chi connectivity index (χ0) is 17.2. The van der Waals surface area contributed by atoms with Crippen LogP contribution in [0.4, 0.5) is 0 Å². The third kappa shape index (κ3) is 3.86. The van der Waals surface area contributed by atoms with E-state index >= 15 is 0 Å². The summed E-state index contributed by atoms with van der Waals surface area (Å²) in [6, 6.07) is 5.49. The number of hydrogen-bond acceptors (Lipinski definition) is 4. The first-order valence-electron chi connectivity index (χ1n) is 8.84. The Bertz CT molecular complexity index is 600. The highest BCUT2D eigenvalue weighted by Crippen LogP contribution is 2.52. The van der Waals surface area contributed by atoms with E-state index in [0.29, 0.717) is 17.6 Å². The maximum atomic E-state index is 12.0. The number of esters is 1. The van der Waals surface area contributed by atoms with Gasteiger partial charge in [0.25, 0.3) is 0 Å². The van der Waals surface area contributed by atoms with Crippen molar-refractivity contribution >= 4 is 17.6 Å². The molecule has 2 fully saturated rings. The van der Waals surface area contributed by atoms with Crippen molar-refractivity contribution in [1.82, 2.24) is 4.90 Å². The maximum absolute atomic E-state index is 12.0. The summed E-state index contributed by atoms with van der Waals surface area (Å²) in [5.41, 5.74) is 1.77. The second kappa shape index (κ2) is 7.32. The van der Waals surface area contributed by atoms with Crippen LogP contribution in [0.15, 0.2) is 18.2 Å². The van der Waals surface area contributed by atoms with E-state index in [4.69, 9.17) is 21.1 Å². The lowest BCUT2D eigenvalue weighted by Crippen LogP contribution is -2.46.